The van der Waals surface area contributed by atoms with Gasteiger partial charge >= 0.3 is 77.0 Å². The van der Waals surface area contributed by atoms with Gasteiger partial charge in [-0.2, -0.15) is 0 Å². The first-order valence-corrected chi connectivity index (χ1v) is 24.7. The van der Waals surface area contributed by atoms with Gasteiger partial charge in [-0.1, -0.05) is 126 Å². The Bertz CT molecular complexity index is 1470. The molecule has 0 atom stereocenters. The van der Waals surface area contributed by atoms with Crippen molar-refractivity contribution in [2.24, 2.45) is 0 Å². The van der Waals surface area contributed by atoms with Crippen LogP contribution in [0.25, 0.3) is 0 Å². The van der Waals surface area contributed by atoms with Gasteiger partial charge in [0, 0.05) is 51.4 Å². The molecule has 0 fully saturated rings. The Morgan fingerprint density at radius 2 is 0.486 bits per heavy atom. The zero-order valence-corrected chi connectivity index (χ0v) is 46.5. The number of carboxylic acids is 4. The van der Waals surface area contributed by atoms with Crippen LogP contribution in [0.5, 0.6) is 0 Å². The van der Waals surface area contributed by atoms with E-state index in [1.165, 1.54) is 0 Å². The van der Waals surface area contributed by atoms with Gasteiger partial charge in [0.25, 0.3) is 0 Å². The van der Waals surface area contributed by atoms with Gasteiger partial charge in [0.2, 0.25) is 23.6 Å². The Labute approximate surface area is 462 Å². The molecule has 0 unspecified atom stereocenters. The molecular formula is C52H79N4Na2O12+. The molecule has 0 saturated heterocycles. The molecule has 0 radical (unpaired) electrons. The molecule has 0 aromatic rings. The van der Waals surface area contributed by atoms with Gasteiger partial charge in [-0.25, -0.2) is 0 Å². The number of carboxylic acid groups (broad SMARTS) is 4. The molecule has 16 nitrogen and oxygen atoms in total. The van der Waals surface area contributed by atoms with Gasteiger partial charge < -0.3 is 46.5 Å². The van der Waals surface area contributed by atoms with Crippen LogP contribution in [-0.4, -0.2) is 89.0 Å². The maximum absolute atomic E-state index is 11.4. The number of aliphatic carboxylic acids is 4. The molecule has 0 aliphatic heterocycles. The third-order valence-electron chi connectivity index (χ3n) is 10.0. The molecule has 0 aromatic heterocycles. The minimum Gasteiger partial charge on any atom is -0.548 e. The predicted molar refractivity (Wildman–Crippen MR) is 259 cm³/mol. The number of rotatable bonds is 40. The van der Waals surface area contributed by atoms with Gasteiger partial charge in [0.05, 0.1) is 12.5 Å². The molecule has 18 heteroatoms. The van der Waals surface area contributed by atoms with E-state index in [4.69, 9.17) is 15.3 Å². The fourth-order valence-corrected chi connectivity index (χ4v) is 6.30. The van der Waals surface area contributed by atoms with Crippen molar-refractivity contribution in [3.05, 3.63) is 0 Å². The molecule has 70 heavy (non-hydrogen) atoms. The van der Waals surface area contributed by atoms with Crippen molar-refractivity contribution in [3.8, 4) is 47.4 Å². The van der Waals surface area contributed by atoms with Gasteiger partial charge in [-0.3, -0.25) is 33.6 Å². The Morgan fingerprint density at radius 1 is 0.300 bits per heavy atom. The van der Waals surface area contributed by atoms with E-state index in [1.54, 1.807) is 0 Å². The van der Waals surface area contributed by atoms with E-state index in [2.05, 4.69) is 68.6 Å². The molecule has 0 saturated carbocycles. The monoisotopic (exact) mass is 998 g/mol. The molecule has 0 bridgehead atoms. The Hall–Kier alpha value is -4.00. The molecule has 0 heterocycles. The van der Waals surface area contributed by atoms with Crippen LogP contribution in [0, 0.1) is 47.4 Å². The third-order valence-corrected chi connectivity index (χ3v) is 10.0. The number of amides is 4. The minimum atomic E-state index is -1.27. The normalized spacial score (nSPS) is 9.49. The molecule has 0 aromatic carbocycles. The predicted octanol–water partition coefficient (Wildman–Crippen LogP) is -0.0539. The average molecular weight is 998 g/mol. The molecule has 7 N–H and O–H groups in total. The van der Waals surface area contributed by atoms with Crippen LogP contribution < -0.4 is 85.5 Å². The van der Waals surface area contributed by atoms with Crippen LogP contribution in [-0.2, 0) is 38.4 Å². The first-order valence-electron chi connectivity index (χ1n) is 24.7. The number of unbranched alkanes of at least 4 members (excludes halogenated alkanes) is 24. The smallest absolute Gasteiger partial charge is 0.548 e. The molecule has 0 rings (SSSR count). The standard InChI is InChI=1S/2C26H40N2O6.2Na/c2*29-23(27-21-25(31)32)19-17-15-13-11-9-7-5-3-1-2-4-6-8-10-12-14-16-18-20-24(30)28-22-26(33)34;;/h2*5-22H2,(H,27,29)(H,28,30)(H,31,32)(H,33,34);;/q;;2*+1/p-1. The Kier molecular flexibility index (Phi) is 59.7. The largest absolute Gasteiger partial charge is 1.00 e. The van der Waals surface area contributed by atoms with E-state index in [1.807, 2.05) is 0 Å². The fourth-order valence-electron chi connectivity index (χ4n) is 6.30. The Morgan fingerprint density at radius 3 is 0.686 bits per heavy atom. The van der Waals surface area contributed by atoms with Crippen LogP contribution in [0.1, 0.15) is 205 Å². The van der Waals surface area contributed by atoms with Crippen LogP contribution >= 0.6 is 0 Å². The summed E-state index contributed by atoms with van der Waals surface area (Å²) < 4.78 is 0. The quantitative estimate of drug-likeness (QED) is 0.0242. The SMILES string of the molecule is O=C(O)CNC(=O)CCCCCCCCC#CC#CCCCCCCCCC(=O)NCC(=O)O.O=C([O-])CNC(=O)CCCCCCCCC#CC#CCCCCCCCCC(=O)NCC(=O)O.[Na+].[Na+]. The summed E-state index contributed by atoms with van der Waals surface area (Å²) in [7, 11) is 0. The summed E-state index contributed by atoms with van der Waals surface area (Å²) >= 11 is 0. The van der Waals surface area contributed by atoms with Gasteiger partial charge in [-0.15, -0.1) is 0 Å². The fraction of sp³-hybridized carbons (Fsp3) is 0.692. The molecule has 0 aliphatic rings. The third kappa shape index (κ3) is 66.1. The first kappa shape index (κ1) is 72.5. The van der Waals surface area contributed by atoms with Crippen molar-refractivity contribution < 1.29 is 118 Å². The summed E-state index contributed by atoms with van der Waals surface area (Å²) in [5.74, 6) is 18.7. The summed E-state index contributed by atoms with van der Waals surface area (Å²) in [6.45, 7) is -1.36. The maximum atomic E-state index is 11.4. The summed E-state index contributed by atoms with van der Waals surface area (Å²) in [5, 5.41) is 45.0. The van der Waals surface area contributed by atoms with Gasteiger partial charge in [-0.05, 0) is 75.0 Å². The van der Waals surface area contributed by atoms with Gasteiger partial charge in [0.15, 0.2) is 0 Å². The molecule has 380 valence electrons. The van der Waals surface area contributed by atoms with Crippen molar-refractivity contribution in [3.63, 3.8) is 0 Å². The number of carbonyl (C=O) groups is 8. The van der Waals surface area contributed by atoms with Crippen LogP contribution in [0.3, 0.4) is 0 Å². The zero-order valence-electron chi connectivity index (χ0n) is 42.5. The number of carbonyl (C=O) groups excluding carboxylic acids is 5. The molecule has 4 amide bonds. The first-order chi connectivity index (χ1) is 32.8. The molecule has 0 aliphatic carbocycles. The Balaban J connectivity index is -0.000000605. The van der Waals surface area contributed by atoms with Crippen molar-refractivity contribution >= 4 is 47.5 Å². The van der Waals surface area contributed by atoms with E-state index in [-0.39, 0.29) is 102 Å². The average Bonchev–Trinajstić information content (AvgIpc) is 3.30. The van der Waals surface area contributed by atoms with E-state index in [0.29, 0.717) is 25.7 Å². The van der Waals surface area contributed by atoms with E-state index in [0.717, 1.165) is 180 Å². The topological polar surface area (TPSA) is 268 Å². The minimum absolute atomic E-state index is 0. The maximum Gasteiger partial charge on any atom is 1.00 e. The van der Waals surface area contributed by atoms with Crippen LogP contribution in [0.2, 0.25) is 0 Å². The summed E-state index contributed by atoms with van der Waals surface area (Å²) in [4.78, 5) is 86.7. The van der Waals surface area contributed by atoms with Crippen molar-refractivity contribution in [1.29, 1.82) is 0 Å². The second-order valence-electron chi connectivity index (χ2n) is 16.4. The van der Waals surface area contributed by atoms with Gasteiger partial charge in [0.1, 0.15) is 19.6 Å². The molecule has 0 spiro atoms. The van der Waals surface area contributed by atoms with Crippen molar-refractivity contribution in [2.75, 3.05) is 26.2 Å². The number of nitrogens with one attached hydrogen (secondary N) is 4. The zero-order chi connectivity index (χ0) is 50.6. The number of hydrogen-bond acceptors (Lipinski definition) is 9. The second-order valence-corrected chi connectivity index (χ2v) is 16.4. The van der Waals surface area contributed by atoms with Crippen molar-refractivity contribution in [2.45, 2.75) is 205 Å². The van der Waals surface area contributed by atoms with Crippen molar-refractivity contribution in [1.82, 2.24) is 21.3 Å². The summed E-state index contributed by atoms with van der Waals surface area (Å²) in [6, 6.07) is 0. The van der Waals surface area contributed by atoms with Crippen LogP contribution in [0.4, 0.5) is 0 Å². The second kappa shape index (κ2) is 57.6. The number of hydrogen-bond donors (Lipinski definition) is 7. The summed E-state index contributed by atoms with van der Waals surface area (Å²) in [5.41, 5.74) is 0. The van der Waals surface area contributed by atoms with Crippen LogP contribution in [0.15, 0.2) is 0 Å². The van der Waals surface area contributed by atoms with E-state index >= 15 is 0 Å². The van der Waals surface area contributed by atoms with E-state index < -0.39 is 30.4 Å². The molecular weight excluding hydrogens is 919 g/mol. The summed E-state index contributed by atoms with van der Waals surface area (Å²) in [6.07, 6.45) is 29.2. The van der Waals surface area contributed by atoms with E-state index in [9.17, 15) is 43.5 Å².